The second-order valence-corrected chi connectivity index (χ2v) is 5.70. The second-order valence-electron chi connectivity index (χ2n) is 4.96. The SMILES string of the molecule is COC(=O)CCC(C(=O)OC)C(C)n1c(=O)[nH]c2cscc21. The Hall–Kier alpha value is -2.09. The molecule has 0 saturated heterocycles. The predicted octanol–water partition coefficient (Wildman–Crippen LogP) is 1.69. The van der Waals surface area contributed by atoms with E-state index in [1.807, 2.05) is 10.8 Å². The third-order valence-corrected chi connectivity index (χ3v) is 4.47. The Morgan fingerprint density at radius 1 is 1.32 bits per heavy atom. The van der Waals surface area contributed by atoms with Gasteiger partial charge in [-0.05, 0) is 13.3 Å². The number of hydrogen-bond acceptors (Lipinski definition) is 6. The zero-order valence-corrected chi connectivity index (χ0v) is 13.4. The van der Waals surface area contributed by atoms with Gasteiger partial charge < -0.3 is 14.5 Å². The summed E-state index contributed by atoms with van der Waals surface area (Å²) in [5.41, 5.74) is 1.20. The normalized spacial score (nSPS) is 13.8. The smallest absolute Gasteiger partial charge is 0.326 e. The number of methoxy groups -OCH3 is 2. The highest BCUT2D eigenvalue weighted by Gasteiger charge is 2.30. The number of H-pyrrole nitrogens is 1. The number of imidazole rings is 1. The molecule has 0 aliphatic rings. The molecule has 2 aromatic rings. The maximum Gasteiger partial charge on any atom is 0.326 e. The van der Waals surface area contributed by atoms with Gasteiger partial charge in [-0.3, -0.25) is 14.2 Å². The molecule has 0 amide bonds. The summed E-state index contributed by atoms with van der Waals surface area (Å²) in [7, 11) is 2.59. The Morgan fingerprint density at radius 3 is 2.68 bits per heavy atom. The molecule has 120 valence electrons. The van der Waals surface area contributed by atoms with Crippen molar-refractivity contribution in [3.8, 4) is 0 Å². The van der Waals surface area contributed by atoms with Crippen molar-refractivity contribution in [2.75, 3.05) is 14.2 Å². The highest BCUT2D eigenvalue weighted by atomic mass is 32.1. The van der Waals surface area contributed by atoms with Gasteiger partial charge in [-0.15, -0.1) is 11.3 Å². The summed E-state index contributed by atoms with van der Waals surface area (Å²) in [6.07, 6.45) is 0.344. The van der Waals surface area contributed by atoms with E-state index in [-0.39, 0.29) is 18.5 Å². The summed E-state index contributed by atoms with van der Waals surface area (Å²) < 4.78 is 11.0. The van der Waals surface area contributed by atoms with Gasteiger partial charge in [0.2, 0.25) is 0 Å². The fourth-order valence-electron chi connectivity index (χ4n) is 2.52. The fourth-order valence-corrected chi connectivity index (χ4v) is 3.28. The van der Waals surface area contributed by atoms with Crippen LogP contribution in [0.25, 0.3) is 11.0 Å². The van der Waals surface area contributed by atoms with Gasteiger partial charge in [-0.25, -0.2) is 4.79 Å². The zero-order valence-electron chi connectivity index (χ0n) is 12.6. The van der Waals surface area contributed by atoms with Crippen LogP contribution in [0.5, 0.6) is 0 Å². The molecule has 0 bridgehead atoms. The number of aromatic nitrogens is 2. The van der Waals surface area contributed by atoms with Gasteiger partial charge in [-0.1, -0.05) is 0 Å². The molecule has 2 heterocycles. The van der Waals surface area contributed by atoms with Crippen molar-refractivity contribution in [3.05, 3.63) is 21.2 Å². The number of hydrogen-bond donors (Lipinski definition) is 1. The molecule has 0 radical (unpaired) electrons. The zero-order chi connectivity index (χ0) is 16.3. The van der Waals surface area contributed by atoms with Crippen LogP contribution in [-0.4, -0.2) is 35.7 Å². The first-order valence-corrected chi connectivity index (χ1v) is 7.75. The molecule has 7 nitrogen and oxygen atoms in total. The summed E-state index contributed by atoms with van der Waals surface area (Å²) >= 11 is 1.47. The van der Waals surface area contributed by atoms with Gasteiger partial charge >= 0.3 is 17.6 Å². The summed E-state index contributed by atoms with van der Waals surface area (Å²) in [5, 5.41) is 3.68. The van der Waals surface area contributed by atoms with E-state index in [2.05, 4.69) is 9.72 Å². The van der Waals surface area contributed by atoms with E-state index < -0.39 is 23.9 Å². The number of aromatic amines is 1. The number of carbonyl (C=O) groups excluding carboxylic acids is 2. The van der Waals surface area contributed by atoms with Gasteiger partial charge in [-0.2, -0.15) is 0 Å². The van der Waals surface area contributed by atoms with Crippen LogP contribution in [0, 0.1) is 5.92 Å². The van der Waals surface area contributed by atoms with Gasteiger partial charge in [0, 0.05) is 23.2 Å². The topological polar surface area (TPSA) is 90.4 Å². The number of fused-ring (bicyclic) bond motifs is 1. The second kappa shape index (κ2) is 6.78. The number of thiophene rings is 1. The summed E-state index contributed by atoms with van der Waals surface area (Å²) in [5.74, 6) is -1.46. The van der Waals surface area contributed by atoms with Crippen LogP contribution in [-0.2, 0) is 19.1 Å². The molecule has 1 N–H and O–H groups in total. The van der Waals surface area contributed by atoms with E-state index in [0.29, 0.717) is 0 Å². The van der Waals surface area contributed by atoms with Crippen molar-refractivity contribution in [1.29, 1.82) is 0 Å². The van der Waals surface area contributed by atoms with Crippen LogP contribution in [0.4, 0.5) is 0 Å². The molecule has 2 aromatic heterocycles. The number of esters is 2. The van der Waals surface area contributed by atoms with Crippen LogP contribution in [0.3, 0.4) is 0 Å². The molecule has 2 unspecified atom stereocenters. The molecule has 0 fully saturated rings. The summed E-state index contributed by atoms with van der Waals surface area (Å²) in [4.78, 5) is 38.2. The van der Waals surface area contributed by atoms with Crippen molar-refractivity contribution in [2.45, 2.75) is 25.8 Å². The predicted molar refractivity (Wildman–Crippen MR) is 81.9 cm³/mol. The molecule has 2 rings (SSSR count). The van der Waals surface area contributed by atoms with Crippen molar-refractivity contribution >= 4 is 34.3 Å². The maximum absolute atomic E-state index is 12.1. The quantitative estimate of drug-likeness (QED) is 0.816. The number of carbonyl (C=O) groups is 2. The average Bonchev–Trinajstić information content (AvgIpc) is 3.06. The van der Waals surface area contributed by atoms with Crippen molar-refractivity contribution in [3.63, 3.8) is 0 Å². The summed E-state index contributed by atoms with van der Waals surface area (Å²) in [6.45, 7) is 1.77. The molecule has 0 aliphatic heterocycles. The molecule has 8 heteroatoms. The Kier molecular flexibility index (Phi) is 5.02. The largest absolute Gasteiger partial charge is 0.469 e. The summed E-state index contributed by atoms with van der Waals surface area (Å²) in [6, 6.07) is -0.437. The molecule has 22 heavy (non-hydrogen) atoms. The Labute approximate surface area is 130 Å². The van der Waals surface area contributed by atoms with Crippen molar-refractivity contribution < 1.29 is 19.1 Å². The first kappa shape index (κ1) is 16.3. The van der Waals surface area contributed by atoms with Gasteiger partial charge in [0.05, 0.1) is 31.2 Å². The molecule has 2 atom stereocenters. The van der Waals surface area contributed by atoms with Crippen molar-refractivity contribution in [2.24, 2.45) is 5.92 Å². The number of nitrogens with one attached hydrogen (secondary N) is 1. The van der Waals surface area contributed by atoms with E-state index in [4.69, 9.17) is 4.74 Å². The first-order valence-electron chi connectivity index (χ1n) is 6.80. The first-order chi connectivity index (χ1) is 10.5. The lowest BCUT2D eigenvalue weighted by atomic mass is 9.95. The van der Waals surface area contributed by atoms with E-state index in [1.165, 1.54) is 30.1 Å². The van der Waals surface area contributed by atoms with Crippen LogP contribution in [0.2, 0.25) is 0 Å². The highest BCUT2D eigenvalue weighted by Crippen LogP contribution is 2.27. The van der Waals surface area contributed by atoms with Crippen molar-refractivity contribution in [1.82, 2.24) is 9.55 Å². The molecular formula is C14H18N2O5S. The van der Waals surface area contributed by atoms with Crippen LogP contribution < -0.4 is 5.69 Å². The third kappa shape index (κ3) is 3.06. The average molecular weight is 326 g/mol. The third-order valence-electron chi connectivity index (χ3n) is 3.74. The minimum atomic E-state index is -0.610. The van der Waals surface area contributed by atoms with E-state index in [1.54, 1.807) is 6.92 Å². The fraction of sp³-hybridized carbons (Fsp3) is 0.500. The van der Waals surface area contributed by atoms with Crippen LogP contribution in [0.1, 0.15) is 25.8 Å². The monoisotopic (exact) mass is 326 g/mol. The lowest BCUT2D eigenvalue weighted by Gasteiger charge is -2.22. The van der Waals surface area contributed by atoms with E-state index in [0.717, 1.165) is 11.0 Å². The number of nitrogens with zero attached hydrogens (tertiary/aromatic N) is 1. The Balaban J connectivity index is 2.32. The standard InChI is InChI=1S/C14H18N2O5S/c1-8(9(13(18)21-3)4-5-12(17)20-2)16-11-7-22-6-10(11)15-14(16)19/h6-9H,4-5H2,1-3H3,(H,15,19). The lowest BCUT2D eigenvalue weighted by Crippen LogP contribution is -2.31. The number of ether oxygens (including phenoxy) is 2. The Bertz CT molecular complexity index is 729. The minimum absolute atomic E-state index is 0.0898. The van der Waals surface area contributed by atoms with Crippen LogP contribution >= 0.6 is 11.3 Å². The molecule has 0 spiro atoms. The van der Waals surface area contributed by atoms with E-state index >= 15 is 0 Å². The van der Waals surface area contributed by atoms with Gasteiger partial charge in [0.15, 0.2) is 0 Å². The minimum Gasteiger partial charge on any atom is -0.469 e. The lowest BCUT2D eigenvalue weighted by molar-refractivity contribution is -0.148. The molecule has 0 aromatic carbocycles. The maximum atomic E-state index is 12.1. The highest BCUT2D eigenvalue weighted by molar-refractivity contribution is 7.09. The molecule has 0 aliphatic carbocycles. The molecule has 0 saturated carbocycles. The number of rotatable bonds is 6. The van der Waals surface area contributed by atoms with Crippen LogP contribution in [0.15, 0.2) is 15.6 Å². The van der Waals surface area contributed by atoms with Gasteiger partial charge in [0.1, 0.15) is 0 Å². The molecular weight excluding hydrogens is 308 g/mol. The Morgan fingerprint density at radius 2 is 2.05 bits per heavy atom. The van der Waals surface area contributed by atoms with Gasteiger partial charge in [0.25, 0.3) is 0 Å². The van der Waals surface area contributed by atoms with E-state index in [9.17, 15) is 14.4 Å².